The number of aliphatic hydroxyl groups is 1. The average molecular weight is 186 g/mol. The van der Waals surface area contributed by atoms with Gasteiger partial charge >= 0.3 is 0 Å². The van der Waals surface area contributed by atoms with E-state index in [2.05, 4.69) is 0 Å². The van der Waals surface area contributed by atoms with Gasteiger partial charge in [-0.15, -0.1) is 0 Å². The first-order valence-electron chi connectivity index (χ1n) is 5.39. The van der Waals surface area contributed by atoms with Crippen LogP contribution >= 0.6 is 0 Å². The minimum absolute atomic E-state index is 0.234. The van der Waals surface area contributed by atoms with E-state index in [0.717, 1.165) is 18.8 Å². The Morgan fingerprint density at radius 1 is 1.15 bits per heavy atom. The Kier molecular flexibility index (Phi) is 4.70. The van der Waals surface area contributed by atoms with Crippen LogP contribution in [-0.2, 0) is 0 Å². The van der Waals surface area contributed by atoms with Crippen LogP contribution in [0.15, 0.2) is 0 Å². The molecule has 5 N–H and O–H groups in total. The summed E-state index contributed by atoms with van der Waals surface area (Å²) in [5.74, 6) is 0.832. The van der Waals surface area contributed by atoms with Crippen LogP contribution in [0.1, 0.15) is 44.9 Å². The van der Waals surface area contributed by atoms with Crippen LogP contribution in [0.3, 0.4) is 0 Å². The van der Waals surface area contributed by atoms with E-state index in [1.807, 2.05) is 0 Å². The lowest BCUT2D eigenvalue weighted by Crippen LogP contribution is -2.41. The highest BCUT2D eigenvalue weighted by molar-refractivity contribution is 4.71. The molecular formula is C10H22N2O. The Hall–Kier alpha value is -0.120. The van der Waals surface area contributed by atoms with E-state index in [1.54, 1.807) is 0 Å². The van der Waals surface area contributed by atoms with Gasteiger partial charge in [0.2, 0.25) is 0 Å². The van der Waals surface area contributed by atoms with Gasteiger partial charge in [0.15, 0.2) is 0 Å². The first-order valence-corrected chi connectivity index (χ1v) is 5.39. The van der Waals surface area contributed by atoms with Gasteiger partial charge in [-0.3, -0.25) is 0 Å². The van der Waals surface area contributed by atoms with E-state index in [4.69, 9.17) is 16.6 Å². The summed E-state index contributed by atoms with van der Waals surface area (Å²) in [6.45, 7) is 0. The molecule has 0 aliphatic heterocycles. The van der Waals surface area contributed by atoms with Crippen molar-refractivity contribution in [3.05, 3.63) is 0 Å². The highest BCUT2D eigenvalue weighted by Gasteiger charge is 2.16. The van der Waals surface area contributed by atoms with Crippen molar-refractivity contribution in [2.24, 2.45) is 17.4 Å². The Labute approximate surface area is 80.5 Å². The van der Waals surface area contributed by atoms with Crippen LogP contribution in [0.4, 0.5) is 0 Å². The van der Waals surface area contributed by atoms with Crippen molar-refractivity contribution >= 4 is 0 Å². The Morgan fingerprint density at radius 3 is 2.31 bits per heavy atom. The molecule has 3 nitrogen and oxygen atoms in total. The molecule has 1 aliphatic carbocycles. The lowest BCUT2D eigenvalue weighted by molar-refractivity contribution is 0.141. The largest absolute Gasteiger partial charge is 0.377 e. The second kappa shape index (κ2) is 5.58. The molecule has 0 radical (unpaired) electrons. The first-order chi connectivity index (χ1) is 6.20. The molecule has 2 atom stereocenters. The van der Waals surface area contributed by atoms with Gasteiger partial charge in [0.1, 0.15) is 6.23 Å². The minimum Gasteiger partial charge on any atom is -0.377 e. The monoisotopic (exact) mass is 186 g/mol. The molecule has 0 aromatic heterocycles. The minimum atomic E-state index is -0.844. The van der Waals surface area contributed by atoms with Crippen LogP contribution in [0.25, 0.3) is 0 Å². The smallest absolute Gasteiger partial charge is 0.117 e. The average Bonchev–Trinajstić information content (AvgIpc) is 2.15. The molecule has 0 aromatic rings. The summed E-state index contributed by atoms with van der Waals surface area (Å²) in [6.07, 6.45) is 7.96. The highest BCUT2D eigenvalue weighted by atomic mass is 16.3. The van der Waals surface area contributed by atoms with E-state index >= 15 is 0 Å². The maximum Gasteiger partial charge on any atom is 0.117 e. The molecule has 0 saturated heterocycles. The summed E-state index contributed by atoms with van der Waals surface area (Å²) in [5.41, 5.74) is 10.9. The van der Waals surface area contributed by atoms with Crippen LogP contribution in [-0.4, -0.2) is 17.4 Å². The van der Waals surface area contributed by atoms with E-state index < -0.39 is 6.23 Å². The van der Waals surface area contributed by atoms with Gasteiger partial charge in [0.05, 0.1) is 0 Å². The molecule has 0 amide bonds. The second-order valence-corrected chi connectivity index (χ2v) is 4.24. The molecular weight excluding hydrogens is 164 g/mol. The number of hydrogen-bond donors (Lipinski definition) is 3. The molecule has 13 heavy (non-hydrogen) atoms. The van der Waals surface area contributed by atoms with Crippen molar-refractivity contribution in [1.82, 2.24) is 0 Å². The van der Waals surface area contributed by atoms with Gasteiger partial charge < -0.3 is 16.6 Å². The molecule has 3 heteroatoms. The fourth-order valence-corrected chi connectivity index (χ4v) is 2.07. The molecule has 0 bridgehead atoms. The normalized spacial score (nSPS) is 24.2. The quantitative estimate of drug-likeness (QED) is 0.572. The fraction of sp³-hybridized carbons (Fsp3) is 1.00. The fourth-order valence-electron chi connectivity index (χ4n) is 2.07. The van der Waals surface area contributed by atoms with E-state index in [1.165, 1.54) is 32.1 Å². The van der Waals surface area contributed by atoms with Gasteiger partial charge in [0, 0.05) is 6.04 Å². The number of hydrogen-bond acceptors (Lipinski definition) is 3. The zero-order valence-electron chi connectivity index (χ0n) is 8.28. The van der Waals surface area contributed by atoms with Crippen LogP contribution in [0, 0.1) is 5.92 Å². The molecule has 78 valence electrons. The SMILES string of the molecule is NC(O)[C@@H](N)CCC1CCCCC1. The van der Waals surface area contributed by atoms with Crippen molar-refractivity contribution in [2.45, 2.75) is 57.2 Å². The number of rotatable bonds is 4. The molecule has 1 fully saturated rings. The molecule has 1 unspecified atom stereocenters. The summed E-state index contributed by atoms with van der Waals surface area (Å²) >= 11 is 0. The van der Waals surface area contributed by atoms with Crippen molar-refractivity contribution in [1.29, 1.82) is 0 Å². The van der Waals surface area contributed by atoms with Crippen molar-refractivity contribution in [3.63, 3.8) is 0 Å². The second-order valence-electron chi connectivity index (χ2n) is 4.24. The predicted molar refractivity (Wildman–Crippen MR) is 54.0 cm³/mol. The van der Waals surface area contributed by atoms with Crippen LogP contribution in [0.2, 0.25) is 0 Å². The van der Waals surface area contributed by atoms with Gasteiger partial charge in [-0.25, -0.2) is 0 Å². The number of aliphatic hydroxyl groups excluding tert-OH is 1. The zero-order valence-corrected chi connectivity index (χ0v) is 8.28. The van der Waals surface area contributed by atoms with E-state index in [9.17, 15) is 0 Å². The van der Waals surface area contributed by atoms with Crippen LogP contribution < -0.4 is 11.5 Å². The summed E-state index contributed by atoms with van der Waals surface area (Å²) in [5, 5.41) is 9.00. The molecule has 0 spiro atoms. The summed E-state index contributed by atoms with van der Waals surface area (Å²) in [6, 6.07) is -0.234. The summed E-state index contributed by atoms with van der Waals surface area (Å²) in [7, 11) is 0. The summed E-state index contributed by atoms with van der Waals surface area (Å²) < 4.78 is 0. The zero-order chi connectivity index (χ0) is 9.68. The van der Waals surface area contributed by atoms with E-state index in [0.29, 0.717) is 0 Å². The third kappa shape index (κ3) is 4.07. The van der Waals surface area contributed by atoms with Crippen LogP contribution in [0.5, 0.6) is 0 Å². The topological polar surface area (TPSA) is 72.3 Å². The number of nitrogens with two attached hydrogens (primary N) is 2. The Balaban J connectivity index is 2.10. The third-order valence-corrected chi connectivity index (χ3v) is 3.07. The highest BCUT2D eigenvalue weighted by Crippen LogP contribution is 2.27. The van der Waals surface area contributed by atoms with Gasteiger partial charge in [0.25, 0.3) is 0 Å². The lowest BCUT2D eigenvalue weighted by atomic mass is 9.85. The van der Waals surface area contributed by atoms with Gasteiger partial charge in [-0.05, 0) is 18.8 Å². The van der Waals surface area contributed by atoms with Gasteiger partial charge in [-0.2, -0.15) is 0 Å². The third-order valence-electron chi connectivity index (χ3n) is 3.07. The summed E-state index contributed by atoms with van der Waals surface area (Å²) in [4.78, 5) is 0. The lowest BCUT2D eigenvalue weighted by Gasteiger charge is -2.23. The maximum atomic E-state index is 9.00. The molecule has 0 heterocycles. The van der Waals surface area contributed by atoms with Gasteiger partial charge in [-0.1, -0.05) is 32.1 Å². The predicted octanol–water partition coefficient (Wildman–Crippen LogP) is 0.951. The Morgan fingerprint density at radius 2 is 1.77 bits per heavy atom. The maximum absolute atomic E-state index is 9.00. The van der Waals surface area contributed by atoms with Crippen molar-refractivity contribution in [2.75, 3.05) is 0 Å². The molecule has 1 saturated carbocycles. The van der Waals surface area contributed by atoms with E-state index in [-0.39, 0.29) is 6.04 Å². The molecule has 1 aliphatic rings. The van der Waals surface area contributed by atoms with Crippen molar-refractivity contribution < 1.29 is 5.11 Å². The molecule has 0 aromatic carbocycles. The van der Waals surface area contributed by atoms with Crippen molar-refractivity contribution in [3.8, 4) is 0 Å². The first kappa shape index (κ1) is 11.0. The standard InChI is InChI=1S/C10H22N2O/c11-9(10(12)13)7-6-8-4-2-1-3-5-8/h8-10,13H,1-7,11-12H2/t9-,10?/m0/s1. The Bertz CT molecular complexity index is 133. The molecule has 1 rings (SSSR count).